The van der Waals surface area contributed by atoms with E-state index < -0.39 is 0 Å². The number of likely N-dealkylation sites (tertiary alicyclic amines) is 1. The molecule has 0 saturated carbocycles. The highest BCUT2D eigenvalue weighted by Crippen LogP contribution is 2.23. The average molecular weight is 422 g/mol. The zero-order valence-electron chi connectivity index (χ0n) is 16.5. The summed E-state index contributed by atoms with van der Waals surface area (Å²) in [7, 11) is 4.33. The van der Waals surface area contributed by atoms with Crippen LogP contribution in [0.1, 0.15) is 18.4 Å². The Morgan fingerprint density at radius 1 is 1.04 bits per heavy atom. The van der Waals surface area contributed by atoms with E-state index in [1.165, 1.54) is 19.5 Å². The third-order valence-electron chi connectivity index (χ3n) is 5.07. The first-order valence-corrected chi connectivity index (χ1v) is 9.28. The highest BCUT2D eigenvalue weighted by molar-refractivity contribution is 5.85. The van der Waals surface area contributed by atoms with Gasteiger partial charge in [-0.05, 0) is 68.9 Å². The third-order valence-corrected chi connectivity index (χ3v) is 5.07. The number of hydrogen-bond donors (Lipinski definition) is 0. The van der Waals surface area contributed by atoms with Gasteiger partial charge in [0.15, 0.2) is 0 Å². The van der Waals surface area contributed by atoms with Crippen molar-refractivity contribution in [1.29, 1.82) is 5.26 Å². The number of benzene rings is 2. The minimum absolute atomic E-state index is 0. The van der Waals surface area contributed by atoms with E-state index in [0.29, 0.717) is 11.6 Å². The summed E-state index contributed by atoms with van der Waals surface area (Å²) in [5.41, 5.74) is 2.93. The fraction of sp³-hybridized carbons (Fsp3) is 0.409. The second kappa shape index (κ2) is 11.9. The summed E-state index contributed by atoms with van der Waals surface area (Å²) in [6.07, 6.45) is 2.32. The van der Waals surface area contributed by atoms with E-state index in [1.54, 1.807) is 0 Å². The van der Waals surface area contributed by atoms with Gasteiger partial charge in [-0.2, -0.15) is 5.26 Å². The van der Waals surface area contributed by atoms with Crippen LogP contribution < -0.4 is 4.74 Å². The van der Waals surface area contributed by atoms with Crippen LogP contribution in [0.4, 0.5) is 0 Å². The van der Waals surface area contributed by atoms with E-state index in [-0.39, 0.29) is 24.8 Å². The lowest BCUT2D eigenvalue weighted by Crippen LogP contribution is -2.32. The van der Waals surface area contributed by atoms with E-state index in [2.05, 4.69) is 42.1 Å². The monoisotopic (exact) mass is 421 g/mol. The van der Waals surface area contributed by atoms with Crippen molar-refractivity contribution >= 4 is 24.8 Å². The van der Waals surface area contributed by atoms with Crippen molar-refractivity contribution in [3.05, 3.63) is 54.1 Å². The van der Waals surface area contributed by atoms with Gasteiger partial charge in [-0.25, -0.2) is 0 Å². The maximum absolute atomic E-state index is 8.87. The molecule has 1 aliphatic heterocycles. The summed E-state index contributed by atoms with van der Waals surface area (Å²) >= 11 is 0. The minimum Gasteiger partial charge on any atom is -0.494 e. The lowest BCUT2D eigenvalue weighted by atomic mass is 10.0. The van der Waals surface area contributed by atoms with Crippen molar-refractivity contribution in [2.45, 2.75) is 18.9 Å². The fourth-order valence-electron chi connectivity index (χ4n) is 3.40. The summed E-state index contributed by atoms with van der Waals surface area (Å²) < 4.78 is 5.89. The van der Waals surface area contributed by atoms with Gasteiger partial charge in [0.05, 0.1) is 18.2 Å². The molecule has 6 heteroatoms. The van der Waals surface area contributed by atoms with Crippen LogP contribution >= 0.6 is 24.8 Å². The van der Waals surface area contributed by atoms with Crippen LogP contribution in [0.3, 0.4) is 0 Å². The first-order chi connectivity index (χ1) is 12.7. The van der Waals surface area contributed by atoms with E-state index in [0.717, 1.165) is 36.4 Å². The molecule has 0 aliphatic carbocycles. The molecule has 2 aromatic carbocycles. The van der Waals surface area contributed by atoms with Gasteiger partial charge in [-0.15, -0.1) is 24.8 Å². The SMILES string of the molecule is CN(C)C1CCN(CCCOc2ccc(-c3ccc(C#N)cc3)cc2)C1.Cl.Cl. The number of ether oxygens (including phenoxy) is 1. The molecule has 0 bridgehead atoms. The van der Waals surface area contributed by atoms with Crippen molar-refractivity contribution < 1.29 is 4.74 Å². The van der Waals surface area contributed by atoms with Crippen molar-refractivity contribution in [3.8, 4) is 22.9 Å². The maximum Gasteiger partial charge on any atom is 0.119 e. The summed E-state index contributed by atoms with van der Waals surface area (Å²) in [4.78, 5) is 4.86. The Kier molecular flexibility index (Phi) is 10.3. The Morgan fingerprint density at radius 3 is 2.18 bits per heavy atom. The van der Waals surface area contributed by atoms with E-state index in [4.69, 9.17) is 10.00 Å². The van der Waals surface area contributed by atoms with Gasteiger partial charge < -0.3 is 14.5 Å². The Balaban J connectivity index is 0.00000196. The molecule has 1 atom stereocenters. The third kappa shape index (κ3) is 6.68. The normalized spacial score (nSPS) is 16.1. The summed E-state index contributed by atoms with van der Waals surface area (Å²) in [5, 5.41) is 8.87. The fourth-order valence-corrected chi connectivity index (χ4v) is 3.40. The summed E-state index contributed by atoms with van der Waals surface area (Å²) in [6.45, 7) is 4.22. The first kappa shape index (κ1) is 24.3. The maximum atomic E-state index is 8.87. The Morgan fingerprint density at radius 2 is 1.64 bits per heavy atom. The molecule has 1 saturated heterocycles. The molecule has 28 heavy (non-hydrogen) atoms. The second-order valence-electron chi connectivity index (χ2n) is 7.12. The lowest BCUT2D eigenvalue weighted by molar-refractivity contribution is 0.242. The Bertz CT molecular complexity index is 742. The van der Waals surface area contributed by atoms with Crippen LogP contribution in [0, 0.1) is 11.3 Å². The average Bonchev–Trinajstić information content (AvgIpc) is 3.15. The van der Waals surface area contributed by atoms with Crippen molar-refractivity contribution in [2.24, 2.45) is 0 Å². The van der Waals surface area contributed by atoms with Crippen LogP contribution in [0.5, 0.6) is 5.75 Å². The van der Waals surface area contributed by atoms with Gasteiger partial charge in [0.25, 0.3) is 0 Å². The predicted molar refractivity (Wildman–Crippen MR) is 120 cm³/mol. The number of nitriles is 1. The molecule has 0 amide bonds. The van der Waals surface area contributed by atoms with Crippen molar-refractivity contribution in [1.82, 2.24) is 9.80 Å². The van der Waals surface area contributed by atoms with Gasteiger partial charge in [0, 0.05) is 19.1 Å². The highest BCUT2D eigenvalue weighted by atomic mass is 35.5. The largest absolute Gasteiger partial charge is 0.494 e. The number of nitrogens with zero attached hydrogens (tertiary/aromatic N) is 3. The predicted octanol–water partition coefficient (Wildman–Crippen LogP) is 4.47. The molecule has 1 aliphatic rings. The number of halogens is 2. The lowest BCUT2D eigenvalue weighted by Gasteiger charge is -2.20. The van der Waals surface area contributed by atoms with Crippen molar-refractivity contribution in [3.63, 3.8) is 0 Å². The van der Waals surface area contributed by atoms with Gasteiger partial charge in [0.2, 0.25) is 0 Å². The number of rotatable bonds is 7. The summed E-state index contributed by atoms with van der Waals surface area (Å²) in [6, 6.07) is 18.7. The van der Waals surface area contributed by atoms with Crippen LogP contribution in [-0.2, 0) is 0 Å². The second-order valence-corrected chi connectivity index (χ2v) is 7.12. The number of likely N-dealkylation sites (N-methyl/N-ethyl adjacent to an activating group) is 1. The van der Waals surface area contributed by atoms with Crippen LogP contribution in [0.25, 0.3) is 11.1 Å². The van der Waals surface area contributed by atoms with E-state index >= 15 is 0 Å². The van der Waals surface area contributed by atoms with Gasteiger partial charge >= 0.3 is 0 Å². The molecule has 0 radical (unpaired) electrons. The molecule has 1 heterocycles. The van der Waals surface area contributed by atoms with Gasteiger partial charge in [0.1, 0.15) is 5.75 Å². The highest BCUT2D eigenvalue weighted by Gasteiger charge is 2.23. The molecule has 1 unspecified atom stereocenters. The first-order valence-electron chi connectivity index (χ1n) is 9.28. The molecule has 152 valence electrons. The topological polar surface area (TPSA) is 39.5 Å². The van der Waals surface area contributed by atoms with Gasteiger partial charge in [-0.3, -0.25) is 0 Å². The standard InChI is InChI=1S/C22H27N3O.2ClH/c1-24(2)21-12-14-25(17-21)13-3-15-26-22-10-8-20(9-11-22)19-6-4-18(16-23)5-7-19;;/h4-11,21H,3,12-15,17H2,1-2H3;2*1H. The molecular formula is C22H29Cl2N3O. The quantitative estimate of drug-likeness (QED) is 0.617. The van der Waals surface area contributed by atoms with E-state index in [9.17, 15) is 0 Å². The van der Waals surface area contributed by atoms with Gasteiger partial charge in [-0.1, -0.05) is 24.3 Å². The van der Waals surface area contributed by atoms with Crippen LogP contribution in [0.2, 0.25) is 0 Å². The molecule has 0 aromatic heterocycles. The molecule has 0 N–H and O–H groups in total. The molecular weight excluding hydrogens is 393 g/mol. The Hall–Kier alpha value is -1.77. The number of hydrogen-bond acceptors (Lipinski definition) is 4. The Labute approximate surface area is 180 Å². The molecule has 0 spiro atoms. The zero-order valence-corrected chi connectivity index (χ0v) is 18.1. The minimum atomic E-state index is 0. The van der Waals surface area contributed by atoms with E-state index in [1.807, 2.05) is 36.4 Å². The van der Waals surface area contributed by atoms with Crippen LogP contribution in [-0.4, -0.2) is 56.2 Å². The summed E-state index contributed by atoms with van der Waals surface area (Å²) in [5.74, 6) is 0.912. The zero-order chi connectivity index (χ0) is 18.4. The molecule has 1 fully saturated rings. The van der Waals surface area contributed by atoms with Crippen LogP contribution in [0.15, 0.2) is 48.5 Å². The molecule has 3 rings (SSSR count). The smallest absolute Gasteiger partial charge is 0.119 e. The molecule has 2 aromatic rings. The molecule has 4 nitrogen and oxygen atoms in total. The van der Waals surface area contributed by atoms with Crippen molar-refractivity contribution in [2.75, 3.05) is 40.3 Å².